The zero-order valence-corrected chi connectivity index (χ0v) is 15.7. The number of hydrogen-bond donors (Lipinski definition) is 1. The molecule has 0 bridgehead atoms. The second kappa shape index (κ2) is 7.52. The zero-order valence-electron chi connectivity index (χ0n) is 15.7. The van der Waals surface area contributed by atoms with Crippen molar-refractivity contribution in [1.29, 1.82) is 0 Å². The summed E-state index contributed by atoms with van der Waals surface area (Å²) in [6, 6.07) is 2.21. The van der Waals surface area contributed by atoms with Crippen LogP contribution in [0, 0.1) is 12.8 Å². The molecule has 2 aromatic rings. The van der Waals surface area contributed by atoms with Crippen molar-refractivity contribution in [3.05, 3.63) is 23.5 Å². The Kier molecular flexibility index (Phi) is 5.37. The van der Waals surface area contributed by atoms with E-state index in [9.17, 15) is 4.79 Å². The van der Waals surface area contributed by atoms with Crippen LogP contribution in [0.3, 0.4) is 0 Å². The van der Waals surface area contributed by atoms with Gasteiger partial charge < -0.3 is 10.2 Å². The van der Waals surface area contributed by atoms with Crippen LogP contribution in [0.15, 0.2) is 12.3 Å². The van der Waals surface area contributed by atoms with E-state index >= 15 is 0 Å². The first-order chi connectivity index (χ1) is 12.0. The van der Waals surface area contributed by atoms with Gasteiger partial charge in [-0.15, -0.1) is 0 Å². The van der Waals surface area contributed by atoms with Crippen molar-refractivity contribution in [2.45, 2.75) is 46.1 Å². The SMILES string of the molecule is CNCCC1CCN(C(=O)c2cc3cnn(C(C)C)c3nc2C)CC1. The molecular formula is C19H29N5O. The van der Waals surface area contributed by atoms with Gasteiger partial charge in [0, 0.05) is 24.5 Å². The quantitative estimate of drug-likeness (QED) is 0.907. The minimum Gasteiger partial charge on any atom is -0.339 e. The first kappa shape index (κ1) is 17.9. The number of pyridine rings is 1. The van der Waals surface area contributed by atoms with Gasteiger partial charge in [-0.25, -0.2) is 9.67 Å². The minimum atomic E-state index is 0.108. The van der Waals surface area contributed by atoms with Gasteiger partial charge >= 0.3 is 0 Å². The minimum absolute atomic E-state index is 0.108. The number of amides is 1. The zero-order chi connectivity index (χ0) is 18.0. The number of aromatic nitrogens is 3. The Morgan fingerprint density at radius 1 is 1.36 bits per heavy atom. The van der Waals surface area contributed by atoms with Crippen LogP contribution in [-0.2, 0) is 0 Å². The third-order valence-electron chi connectivity index (χ3n) is 5.18. The molecule has 1 aliphatic rings. The second-order valence-corrected chi connectivity index (χ2v) is 7.34. The number of nitrogens with zero attached hydrogens (tertiary/aromatic N) is 4. The molecule has 0 aromatic carbocycles. The van der Waals surface area contributed by atoms with Crippen molar-refractivity contribution < 1.29 is 4.79 Å². The molecule has 3 rings (SSSR count). The Bertz CT molecular complexity index is 744. The molecule has 25 heavy (non-hydrogen) atoms. The molecule has 6 heteroatoms. The molecule has 0 radical (unpaired) electrons. The van der Waals surface area contributed by atoms with Gasteiger partial charge in [0.15, 0.2) is 5.65 Å². The van der Waals surface area contributed by atoms with Gasteiger partial charge in [-0.05, 0) is 65.6 Å². The number of carbonyl (C=O) groups is 1. The standard InChI is InChI=1S/C19H29N5O/c1-13(2)24-18-16(12-21-24)11-17(14(3)22-18)19(25)23-9-6-15(7-10-23)5-8-20-4/h11-13,15,20H,5-10H2,1-4H3. The number of aryl methyl sites for hydroxylation is 1. The predicted octanol–water partition coefficient (Wildman–Crippen LogP) is 2.78. The highest BCUT2D eigenvalue weighted by Crippen LogP contribution is 2.24. The van der Waals surface area contributed by atoms with E-state index in [1.807, 2.05) is 35.8 Å². The van der Waals surface area contributed by atoms with Crippen LogP contribution < -0.4 is 5.32 Å². The van der Waals surface area contributed by atoms with Crippen molar-refractivity contribution in [2.75, 3.05) is 26.7 Å². The first-order valence-corrected chi connectivity index (χ1v) is 9.30. The Balaban J connectivity index is 1.75. The van der Waals surface area contributed by atoms with E-state index in [2.05, 4.69) is 29.2 Å². The highest BCUT2D eigenvalue weighted by molar-refractivity contribution is 5.98. The molecule has 136 valence electrons. The summed E-state index contributed by atoms with van der Waals surface area (Å²) in [4.78, 5) is 19.6. The Labute approximate surface area is 149 Å². The third kappa shape index (κ3) is 3.68. The van der Waals surface area contributed by atoms with E-state index in [-0.39, 0.29) is 11.9 Å². The summed E-state index contributed by atoms with van der Waals surface area (Å²) >= 11 is 0. The van der Waals surface area contributed by atoms with Gasteiger partial charge in [-0.2, -0.15) is 5.10 Å². The van der Waals surface area contributed by atoms with Crippen molar-refractivity contribution in [3.63, 3.8) is 0 Å². The summed E-state index contributed by atoms with van der Waals surface area (Å²) in [7, 11) is 1.99. The summed E-state index contributed by atoms with van der Waals surface area (Å²) in [6.45, 7) is 8.83. The molecule has 0 spiro atoms. The highest BCUT2D eigenvalue weighted by Gasteiger charge is 2.25. The number of nitrogens with one attached hydrogen (secondary N) is 1. The van der Waals surface area contributed by atoms with E-state index < -0.39 is 0 Å². The number of hydrogen-bond acceptors (Lipinski definition) is 4. The van der Waals surface area contributed by atoms with Crippen LogP contribution in [0.2, 0.25) is 0 Å². The highest BCUT2D eigenvalue weighted by atomic mass is 16.2. The van der Waals surface area contributed by atoms with Crippen LogP contribution in [0.25, 0.3) is 11.0 Å². The smallest absolute Gasteiger partial charge is 0.255 e. The number of fused-ring (bicyclic) bond motifs is 1. The number of carbonyl (C=O) groups excluding carboxylic acids is 1. The summed E-state index contributed by atoms with van der Waals surface area (Å²) in [5.41, 5.74) is 2.36. The molecule has 1 N–H and O–H groups in total. The van der Waals surface area contributed by atoms with Crippen molar-refractivity contribution in [2.24, 2.45) is 5.92 Å². The fourth-order valence-electron chi connectivity index (χ4n) is 3.60. The van der Waals surface area contributed by atoms with Crippen LogP contribution in [0.4, 0.5) is 0 Å². The maximum absolute atomic E-state index is 13.0. The van der Waals surface area contributed by atoms with Crippen LogP contribution >= 0.6 is 0 Å². The summed E-state index contributed by atoms with van der Waals surface area (Å²) < 4.78 is 1.91. The van der Waals surface area contributed by atoms with E-state index in [1.54, 1.807) is 0 Å². The number of likely N-dealkylation sites (tertiary alicyclic amines) is 1. The first-order valence-electron chi connectivity index (χ1n) is 9.30. The second-order valence-electron chi connectivity index (χ2n) is 7.34. The lowest BCUT2D eigenvalue weighted by Crippen LogP contribution is -2.39. The normalized spacial score (nSPS) is 16.1. The molecule has 1 aliphatic heterocycles. The predicted molar refractivity (Wildman–Crippen MR) is 99.8 cm³/mol. The van der Waals surface area contributed by atoms with Gasteiger partial charge in [-0.3, -0.25) is 4.79 Å². The van der Waals surface area contributed by atoms with Gasteiger partial charge in [0.05, 0.1) is 17.5 Å². The Morgan fingerprint density at radius 3 is 2.72 bits per heavy atom. The van der Waals surface area contributed by atoms with Crippen molar-refractivity contribution in [1.82, 2.24) is 25.0 Å². The average molecular weight is 343 g/mol. The molecule has 0 atom stereocenters. The lowest BCUT2D eigenvalue weighted by molar-refractivity contribution is 0.0686. The molecule has 6 nitrogen and oxygen atoms in total. The van der Waals surface area contributed by atoms with Gasteiger partial charge in [0.25, 0.3) is 5.91 Å². The topological polar surface area (TPSA) is 63.1 Å². The summed E-state index contributed by atoms with van der Waals surface area (Å²) in [5.74, 6) is 0.832. The summed E-state index contributed by atoms with van der Waals surface area (Å²) in [5, 5.41) is 8.56. The fraction of sp³-hybridized carbons (Fsp3) is 0.632. The van der Waals surface area contributed by atoms with Crippen LogP contribution in [-0.4, -0.2) is 52.3 Å². The molecule has 1 amide bonds. The molecule has 0 saturated carbocycles. The summed E-state index contributed by atoms with van der Waals surface area (Å²) in [6.07, 6.45) is 5.18. The Hall–Kier alpha value is -1.95. The molecule has 2 aromatic heterocycles. The molecule has 3 heterocycles. The van der Waals surface area contributed by atoms with E-state index in [1.165, 1.54) is 6.42 Å². The maximum Gasteiger partial charge on any atom is 0.255 e. The van der Waals surface area contributed by atoms with Gasteiger partial charge in [0.1, 0.15) is 0 Å². The van der Waals surface area contributed by atoms with E-state index in [4.69, 9.17) is 0 Å². The number of rotatable bonds is 5. The third-order valence-corrected chi connectivity index (χ3v) is 5.18. The maximum atomic E-state index is 13.0. The Morgan fingerprint density at radius 2 is 2.08 bits per heavy atom. The van der Waals surface area contributed by atoms with Crippen LogP contribution in [0.5, 0.6) is 0 Å². The van der Waals surface area contributed by atoms with Gasteiger partial charge in [0.2, 0.25) is 0 Å². The molecule has 0 unspecified atom stereocenters. The monoisotopic (exact) mass is 343 g/mol. The average Bonchev–Trinajstić information content (AvgIpc) is 3.02. The number of piperidine rings is 1. The fourth-order valence-corrected chi connectivity index (χ4v) is 3.60. The largest absolute Gasteiger partial charge is 0.339 e. The van der Waals surface area contributed by atoms with E-state index in [0.29, 0.717) is 5.56 Å². The molecular weight excluding hydrogens is 314 g/mol. The van der Waals surface area contributed by atoms with Crippen molar-refractivity contribution in [3.8, 4) is 0 Å². The van der Waals surface area contributed by atoms with Crippen LogP contribution in [0.1, 0.15) is 55.2 Å². The lowest BCUT2D eigenvalue weighted by atomic mass is 9.93. The van der Waals surface area contributed by atoms with Crippen molar-refractivity contribution >= 4 is 16.9 Å². The molecule has 1 saturated heterocycles. The molecule has 0 aliphatic carbocycles. The lowest BCUT2D eigenvalue weighted by Gasteiger charge is -2.32. The molecule has 1 fully saturated rings. The van der Waals surface area contributed by atoms with E-state index in [0.717, 1.165) is 55.1 Å². The van der Waals surface area contributed by atoms with Gasteiger partial charge in [-0.1, -0.05) is 0 Å².